The van der Waals surface area contributed by atoms with E-state index in [0.29, 0.717) is 27.6 Å². The van der Waals surface area contributed by atoms with Crippen LogP contribution in [0.5, 0.6) is 5.75 Å². The summed E-state index contributed by atoms with van der Waals surface area (Å²) in [6.07, 6.45) is 1.57. The Labute approximate surface area is 221 Å². The molecule has 3 amide bonds. The molecule has 0 atom stereocenters. The predicted molar refractivity (Wildman–Crippen MR) is 141 cm³/mol. The lowest BCUT2D eigenvalue weighted by molar-refractivity contribution is -0.384. The van der Waals surface area contributed by atoms with Gasteiger partial charge in [0.2, 0.25) is 0 Å². The van der Waals surface area contributed by atoms with Crippen molar-refractivity contribution in [1.82, 2.24) is 4.90 Å². The van der Waals surface area contributed by atoms with Gasteiger partial charge in [0.25, 0.3) is 22.7 Å². The number of non-ortho nitro benzene ring substituents is 1. The van der Waals surface area contributed by atoms with Crippen LogP contribution in [-0.2, 0) is 16.1 Å². The summed E-state index contributed by atoms with van der Waals surface area (Å²) in [5.74, 6) is -0.413. The third-order valence-corrected chi connectivity index (χ3v) is 6.66. The van der Waals surface area contributed by atoms with Gasteiger partial charge in [-0.25, -0.2) is 0 Å². The molecular formula is C26H20ClN3O6S. The van der Waals surface area contributed by atoms with Crippen LogP contribution in [0.2, 0.25) is 5.02 Å². The lowest BCUT2D eigenvalue weighted by Gasteiger charge is -2.12. The van der Waals surface area contributed by atoms with Crippen LogP contribution in [0.4, 0.5) is 16.2 Å². The summed E-state index contributed by atoms with van der Waals surface area (Å²) in [5.41, 5.74) is 2.59. The summed E-state index contributed by atoms with van der Waals surface area (Å²) < 4.78 is 5.58. The van der Waals surface area contributed by atoms with Crippen LogP contribution >= 0.6 is 23.4 Å². The number of hydrogen-bond acceptors (Lipinski definition) is 7. The van der Waals surface area contributed by atoms with Crippen LogP contribution in [0.15, 0.2) is 71.6 Å². The molecule has 0 aromatic heterocycles. The zero-order valence-electron chi connectivity index (χ0n) is 19.5. The second kappa shape index (κ2) is 11.3. The molecule has 1 aliphatic rings. The van der Waals surface area contributed by atoms with Gasteiger partial charge >= 0.3 is 0 Å². The number of amides is 3. The highest BCUT2D eigenvalue weighted by Gasteiger charge is 2.35. The number of benzene rings is 3. The fraction of sp³-hybridized carbons (Fsp3) is 0.115. The van der Waals surface area contributed by atoms with E-state index in [1.807, 2.05) is 6.92 Å². The molecule has 37 heavy (non-hydrogen) atoms. The van der Waals surface area contributed by atoms with E-state index in [2.05, 4.69) is 5.32 Å². The van der Waals surface area contributed by atoms with Gasteiger partial charge in [0.1, 0.15) is 5.75 Å². The SMILES string of the molecule is Cc1ccc(NC(=O)COc2cccc(/C=C3\SC(=O)N(Cc4ccc([N+](=O)[O-])cc4)C3=O)c2)cc1Cl. The van der Waals surface area contributed by atoms with E-state index in [4.69, 9.17) is 16.3 Å². The second-order valence-electron chi connectivity index (χ2n) is 8.06. The first-order chi connectivity index (χ1) is 17.7. The van der Waals surface area contributed by atoms with Crippen molar-refractivity contribution in [3.63, 3.8) is 0 Å². The monoisotopic (exact) mass is 537 g/mol. The molecule has 1 aliphatic heterocycles. The van der Waals surface area contributed by atoms with Crippen molar-refractivity contribution < 1.29 is 24.0 Å². The number of thioether (sulfide) groups is 1. The van der Waals surface area contributed by atoms with E-state index in [-0.39, 0.29) is 29.7 Å². The number of nitro groups is 1. The topological polar surface area (TPSA) is 119 Å². The number of rotatable bonds is 8. The first-order valence-electron chi connectivity index (χ1n) is 11.0. The lowest BCUT2D eigenvalue weighted by Crippen LogP contribution is -2.27. The second-order valence-corrected chi connectivity index (χ2v) is 9.47. The molecule has 0 unspecified atom stereocenters. The first kappa shape index (κ1) is 25.9. The molecule has 0 spiro atoms. The average Bonchev–Trinajstić information content (AvgIpc) is 3.13. The number of aryl methyl sites for hydroxylation is 1. The number of halogens is 1. The molecule has 0 bridgehead atoms. The van der Waals surface area contributed by atoms with Crippen LogP contribution in [0.25, 0.3) is 6.08 Å². The predicted octanol–water partition coefficient (Wildman–Crippen LogP) is 5.81. The molecule has 3 aromatic rings. The Balaban J connectivity index is 1.38. The maximum absolute atomic E-state index is 12.8. The Morgan fingerprint density at radius 1 is 1.14 bits per heavy atom. The molecule has 3 aromatic carbocycles. The number of ether oxygens (including phenoxy) is 1. The molecule has 0 radical (unpaired) electrons. The third-order valence-electron chi connectivity index (χ3n) is 5.34. The first-order valence-corrected chi connectivity index (χ1v) is 12.2. The molecule has 188 valence electrons. The van der Waals surface area contributed by atoms with E-state index < -0.39 is 16.1 Å². The molecule has 4 rings (SSSR count). The minimum absolute atomic E-state index is 0.00442. The van der Waals surface area contributed by atoms with Gasteiger partial charge in [-0.1, -0.05) is 41.9 Å². The summed E-state index contributed by atoms with van der Waals surface area (Å²) >= 11 is 6.89. The van der Waals surface area contributed by atoms with Gasteiger partial charge in [-0.3, -0.25) is 29.4 Å². The standard InChI is InChI=1S/C26H20ClN3O6S/c1-16-5-8-19(13-22(16)27)28-24(31)15-36-21-4-2-3-18(11-21)12-23-25(32)29(26(33)37-23)14-17-6-9-20(10-7-17)30(34)35/h2-13H,14-15H2,1H3,(H,28,31)/b23-12-. The van der Waals surface area contributed by atoms with Crippen molar-refractivity contribution in [3.8, 4) is 5.75 Å². The lowest BCUT2D eigenvalue weighted by atomic mass is 10.2. The van der Waals surface area contributed by atoms with E-state index in [1.54, 1.807) is 48.5 Å². The molecule has 1 saturated heterocycles. The number of nitro benzene ring substituents is 1. The molecular weight excluding hydrogens is 518 g/mol. The number of hydrogen-bond donors (Lipinski definition) is 1. The van der Waals surface area contributed by atoms with Crippen molar-refractivity contribution in [2.45, 2.75) is 13.5 Å². The highest BCUT2D eigenvalue weighted by atomic mass is 35.5. The van der Waals surface area contributed by atoms with Gasteiger partial charge in [-0.05, 0) is 65.7 Å². The van der Waals surface area contributed by atoms with E-state index >= 15 is 0 Å². The highest BCUT2D eigenvalue weighted by Crippen LogP contribution is 2.34. The normalized spacial score (nSPS) is 14.2. The van der Waals surface area contributed by atoms with Crippen molar-refractivity contribution in [2.24, 2.45) is 0 Å². The Morgan fingerprint density at radius 3 is 2.59 bits per heavy atom. The van der Waals surface area contributed by atoms with Crippen LogP contribution in [-0.4, -0.2) is 33.5 Å². The van der Waals surface area contributed by atoms with Gasteiger partial charge in [0, 0.05) is 22.8 Å². The minimum Gasteiger partial charge on any atom is -0.484 e. The van der Waals surface area contributed by atoms with Gasteiger partial charge in [0.15, 0.2) is 6.61 Å². The summed E-state index contributed by atoms with van der Waals surface area (Å²) in [6.45, 7) is 1.63. The Morgan fingerprint density at radius 2 is 1.89 bits per heavy atom. The van der Waals surface area contributed by atoms with Crippen LogP contribution in [0.1, 0.15) is 16.7 Å². The summed E-state index contributed by atoms with van der Waals surface area (Å²) in [5, 5.41) is 13.6. The maximum Gasteiger partial charge on any atom is 0.293 e. The highest BCUT2D eigenvalue weighted by molar-refractivity contribution is 8.18. The molecule has 9 nitrogen and oxygen atoms in total. The summed E-state index contributed by atoms with van der Waals surface area (Å²) in [6, 6.07) is 17.6. The maximum atomic E-state index is 12.8. The Hall–Kier alpha value is -4.15. The zero-order chi connectivity index (χ0) is 26.5. The van der Waals surface area contributed by atoms with Crippen LogP contribution in [0, 0.1) is 17.0 Å². The molecule has 0 aliphatic carbocycles. The largest absolute Gasteiger partial charge is 0.484 e. The van der Waals surface area contributed by atoms with E-state index in [1.165, 1.54) is 24.3 Å². The van der Waals surface area contributed by atoms with Crippen LogP contribution in [0.3, 0.4) is 0 Å². The number of nitrogens with one attached hydrogen (secondary N) is 1. The zero-order valence-corrected chi connectivity index (χ0v) is 21.0. The Bertz CT molecular complexity index is 1420. The molecule has 1 N–H and O–H groups in total. The van der Waals surface area contributed by atoms with Crippen LogP contribution < -0.4 is 10.1 Å². The molecule has 1 heterocycles. The Kier molecular flexibility index (Phi) is 7.90. The number of carbonyl (C=O) groups excluding carboxylic acids is 3. The fourth-order valence-corrected chi connectivity index (χ4v) is 4.42. The summed E-state index contributed by atoms with van der Waals surface area (Å²) in [7, 11) is 0. The van der Waals surface area contributed by atoms with Crippen molar-refractivity contribution in [2.75, 3.05) is 11.9 Å². The number of carbonyl (C=O) groups is 3. The summed E-state index contributed by atoms with van der Waals surface area (Å²) in [4.78, 5) is 49.1. The number of nitrogens with zero attached hydrogens (tertiary/aromatic N) is 2. The quantitative estimate of drug-likeness (QED) is 0.219. The molecule has 11 heteroatoms. The molecule has 1 fully saturated rings. The van der Waals surface area contributed by atoms with Crippen molar-refractivity contribution in [3.05, 3.63) is 103 Å². The van der Waals surface area contributed by atoms with Gasteiger partial charge in [-0.2, -0.15) is 0 Å². The van der Waals surface area contributed by atoms with E-state index in [0.717, 1.165) is 22.2 Å². The minimum atomic E-state index is -0.517. The smallest absolute Gasteiger partial charge is 0.293 e. The average molecular weight is 538 g/mol. The number of anilines is 1. The van der Waals surface area contributed by atoms with E-state index in [9.17, 15) is 24.5 Å². The third kappa shape index (κ3) is 6.54. The van der Waals surface area contributed by atoms with Crippen molar-refractivity contribution >= 4 is 57.9 Å². The van der Waals surface area contributed by atoms with Crippen molar-refractivity contribution in [1.29, 1.82) is 0 Å². The number of imide groups is 1. The van der Waals surface area contributed by atoms with Gasteiger partial charge in [0.05, 0.1) is 16.4 Å². The fourth-order valence-electron chi connectivity index (χ4n) is 3.40. The molecule has 0 saturated carbocycles. The van der Waals surface area contributed by atoms with Gasteiger partial charge < -0.3 is 10.1 Å². The van der Waals surface area contributed by atoms with Gasteiger partial charge in [-0.15, -0.1) is 0 Å².